The lowest BCUT2D eigenvalue weighted by atomic mass is 10.2. The number of rotatable bonds is 4. The molecule has 0 aliphatic carbocycles. The summed E-state index contributed by atoms with van der Waals surface area (Å²) < 4.78 is 6.38. The molecule has 0 aromatic carbocycles. The number of ether oxygens (including phenoxy) is 1. The highest BCUT2D eigenvalue weighted by atomic mass is 127. The molecule has 15 heavy (non-hydrogen) atoms. The molecule has 0 spiro atoms. The fraction of sp³-hybridized carbons (Fsp3) is 0.600. The lowest BCUT2D eigenvalue weighted by molar-refractivity contribution is 0.0925. The highest BCUT2D eigenvalue weighted by molar-refractivity contribution is 14.1. The topological polar surface area (TPSA) is 47.0 Å². The van der Waals surface area contributed by atoms with Crippen molar-refractivity contribution in [3.8, 4) is 0 Å². The third-order valence-electron chi connectivity index (χ3n) is 2.21. The van der Waals surface area contributed by atoms with Gasteiger partial charge in [-0.1, -0.05) is 6.92 Å². The second kappa shape index (κ2) is 5.60. The Hall–Kier alpha value is -0.430. The fourth-order valence-electron chi connectivity index (χ4n) is 1.35. The Labute approximate surface area is 104 Å². The average Bonchev–Trinajstić information content (AvgIpc) is 2.24. The first kappa shape index (κ1) is 12.6. The summed E-state index contributed by atoms with van der Waals surface area (Å²) in [4.78, 5) is 8.88. The summed E-state index contributed by atoms with van der Waals surface area (Å²) in [6.07, 6.45) is 0.854. The molecule has 0 bridgehead atoms. The SMILES string of the molecule is CCC(OC)c1nc(C)c(I)c(NC)n1. The van der Waals surface area contributed by atoms with E-state index >= 15 is 0 Å². The molecule has 0 amide bonds. The van der Waals surface area contributed by atoms with Crippen LogP contribution in [-0.2, 0) is 4.74 Å². The molecule has 1 atom stereocenters. The average molecular weight is 321 g/mol. The Morgan fingerprint density at radius 1 is 1.47 bits per heavy atom. The van der Waals surface area contributed by atoms with Crippen LogP contribution in [0, 0.1) is 10.5 Å². The van der Waals surface area contributed by atoms with Crippen molar-refractivity contribution in [1.82, 2.24) is 9.97 Å². The number of hydrogen-bond donors (Lipinski definition) is 1. The summed E-state index contributed by atoms with van der Waals surface area (Å²) >= 11 is 2.24. The summed E-state index contributed by atoms with van der Waals surface area (Å²) in [5, 5.41) is 3.07. The van der Waals surface area contributed by atoms with Crippen molar-refractivity contribution >= 4 is 28.4 Å². The van der Waals surface area contributed by atoms with Gasteiger partial charge in [-0.2, -0.15) is 0 Å². The van der Waals surface area contributed by atoms with Crippen LogP contribution in [0.25, 0.3) is 0 Å². The van der Waals surface area contributed by atoms with E-state index in [1.165, 1.54) is 0 Å². The molecule has 1 aromatic rings. The third-order valence-corrected chi connectivity index (χ3v) is 3.51. The van der Waals surface area contributed by atoms with Gasteiger partial charge in [0.2, 0.25) is 0 Å². The normalized spacial score (nSPS) is 12.6. The van der Waals surface area contributed by atoms with Crippen molar-refractivity contribution in [2.24, 2.45) is 0 Å². The molecule has 0 aliphatic rings. The van der Waals surface area contributed by atoms with Crippen LogP contribution < -0.4 is 5.32 Å². The molecule has 1 heterocycles. The molecular weight excluding hydrogens is 305 g/mol. The first-order valence-corrected chi connectivity index (χ1v) is 5.96. The lowest BCUT2D eigenvalue weighted by Gasteiger charge is -2.14. The summed E-state index contributed by atoms with van der Waals surface area (Å²) in [6.45, 7) is 4.04. The minimum Gasteiger partial charge on any atom is -0.373 e. The molecule has 84 valence electrons. The van der Waals surface area contributed by atoms with E-state index in [0.717, 1.165) is 27.3 Å². The van der Waals surface area contributed by atoms with E-state index in [9.17, 15) is 0 Å². The van der Waals surface area contributed by atoms with Gasteiger partial charge in [-0.05, 0) is 35.9 Å². The van der Waals surface area contributed by atoms with E-state index in [1.54, 1.807) is 7.11 Å². The highest BCUT2D eigenvalue weighted by Crippen LogP contribution is 2.23. The molecule has 1 N–H and O–H groups in total. The highest BCUT2D eigenvalue weighted by Gasteiger charge is 2.15. The Kier molecular flexibility index (Phi) is 4.72. The van der Waals surface area contributed by atoms with Gasteiger partial charge in [0, 0.05) is 14.2 Å². The van der Waals surface area contributed by atoms with Crippen molar-refractivity contribution < 1.29 is 4.74 Å². The maximum Gasteiger partial charge on any atom is 0.159 e. The number of halogens is 1. The molecule has 0 saturated heterocycles. The van der Waals surface area contributed by atoms with Crippen LogP contribution in [-0.4, -0.2) is 24.1 Å². The van der Waals surface area contributed by atoms with Crippen molar-refractivity contribution in [3.63, 3.8) is 0 Å². The second-order valence-corrected chi connectivity index (χ2v) is 4.29. The van der Waals surface area contributed by atoms with Gasteiger partial charge < -0.3 is 10.1 Å². The molecule has 0 radical (unpaired) electrons. The van der Waals surface area contributed by atoms with Crippen molar-refractivity contribution in [3.05, 3.63) is 15.1 Å². The van der Waals surface area contributed by atoms with Gasteiger partial charge in [0.1, 0.15) is 11.9 Å². The van der Waals surface area contributed by atoms with Crippen LogP contribution in [0.2, 0.25) is 0 Å². The lowest BCUT2D eigenvalue weighted by Crippen LogP contribution is -2.10. The predicted octanol–water partition coefficient (Wildman–Crippen LogP) is 2.53. The van der Waals surface area contributed by atoms with Gasteiger partial charge in [-0.15, -0.1) is 0 Å². The Bertz CT molecular complexity index is 340. The summed E-state index contributed by atoms with van der Waals surface area (Å²) in [6, 6.07) is 0. The van der Waals surface area contributed by atoms with Crippen LogP contribution in [0.3, 0.4) is 0 Å². The van der Waals surface area contributed by atoms with Crippen molar-refractivity contribution in [2.75, 3.05) is 19.5 Å². The molecule has 1 unspecified atom stereocenters. The molecule has 1 aromatic heterocycles. The summed E-state index contributed by atoms with van der Waals surface area (Å²) in [7, 11) is 3.55. The van der Waals surface area contributed by atoms with Crippen LogP contribution >= 0.6 is 22.6 Å². The van der Waals surface area contributed by atoms with Gasteiger partial charge in [0.05, 0.1) is 9.26 Å². The number of anilines is 1. The zero-order valence-corrected chi connectivity index (χ0v) is 11.6. The minimum atomic E-state index is -0.0206. The van der Waals surface area contributed by atoms with E-state index in [-0.39, 0.29) is 6.10 Å². The third kappa shape index (κ3) is 2.78. The van der Waals surface area contributed by atoms with Gasteiger partial charge >= 0.3 is 0 Å². The summed E-state index contributed by atoms with van der Waals surface area (Å²) in [5.74, 6) is 1.62. The van der Waals surface area contributed by atoms with Gasteiger partial charge in [-0.3, -0.25) is 0 Å². The zero-order chi connectivity index (χ0) is 11.4. The quantitative estimate of drug-likeness (QED) is 0.866. The fourth-order valence-corrected chi connectivity index (χ4v) is 1.86. The van der Waals surface area contributed by atoms with Crippen molar-refractivity contribution in [2.45, 2.75) is 26.4 Å². The minimum absolute atomic E-state index is 0.0206. The smallest absolute Gasteiger partial charge is 0.159 e. The number of methoxy groups -OCH3 is 1. The number of aryl methyl sites for hydroxylation is 1. The molecule has 1 rings (SSSR count). The maximum absolute atomic E-state index is 5.32. The van der Waals surface area contributed by atoms with Gasteiger partial charge in [0.15, 0.2) is 5.82 Å². The van der Waals surface area contributed by atoms with E-state index in [2.05, 4.69) is 44.8 Å². The Balaban J connectivity index is 3.15. The van der Waals surface area contributed by atoms with E-state index in [4.69, 9.17) is 4.74 Å². The monoisotopic (exact) mass is 321 g/mol. The van der Waals surface area contributed by atoms with Crippen LogP contribution in [0.5, 0.6) is 0 Å². The van der Waals surface area contributed by atoms with E-state index in [1.807, 2.05) is 14.0 Å². The first-order chi connectivity index (χ1) is 7.13. The number of hydrogen-bond acceptors (Lipinski definition) is 4. The molecular formula is C10H16IN3O. The Morgan fingerprint density at radius 3 is 2.60 bits per heavy atom. The van der Waals surface area contributed by atoms with Crippen LogP contribution in [0.1, 0.15) is 31.0 Å². The largest absolute Gasteiger partial charge is 0.373 e. The first-order valence-electron chi connectivity index (χ1n) is 4.88. The second-order valence-electron chi connectivity index (χ2n) is 3.21. The maximum atomic E-state index is 5.32. The van der Waals surface area contributed by atoms with Gasteiger partial charge in [-0.25, -0.2) is 9.97 Å². The Morgan fingerprint density at radius 2 is 2.13 bits per heavy atom. The zero-order valence-electron chi connectivity index (χ0n) is 9.47. The molecule has 0 aliphatic heterocycles. The predicted molar refractivity (Wildman–Crippen MR) is 69.1 cm³/mol. The molecule has 0 saturated carbocycles. The van der Waals surface area contributed by atoms with E-state index in [0.29, 0.717) is 0 Å². The number of aromatic nitrogens is 2. The molecule has 4 nitrogen and oxygen atoms in total. The van der Waals surface area contributed by atoms with Crippen LogP contribution in [0.15, 0.2) is 0 Å². The number of nitrogens with zero attached hydrogens (tertiary/aromatic N) is 2. The molecule has 5 heteroatoms. The van der Waals surface area contributed by atoms with Gasteiger partial charge in [0.25, 0.3) is 0 Å². The number of nitrogens with one attached hydrogen (secondary N) is 1. The molecule has 0 fully saturated rings. The standard InChI is InChI=1S/C10H16IN3O/c1-5-7(15-4)9-13-6(2)8(11)10(12-3)14-9/h7H,5H2,1-4H3,(H,12,13,14). The van der Waals surface area contributed by atoms with E-state index < -0.39 is 0 Å². The van der Waals surface area contributed by atoms with Crippen molar-refractivity contribution in [1.29, 1.82) is 0 Å². The summed E-state index contributed by atoms with van der Waals surface area (Å²) in [5.41, 5.74) is 0.987. The van der Waals surface area contributed by atoms with Crippen LogP contribution in [0.4, 0.5) is 5.82 Å².